The second-order valence-corrected chi connectivity index (χ2v) is 7.61. The number of anilines is 1. The number of ether oxygens (including phenoxy) is 1. The molecule has 3 N–H and O–H groups in total. The summed E-state index contributed by atoms with van der Waals surface area (Å²) in [6, 6.07) is 0. The molecule has 0 aliphatic carbocycles. The van der Waals surface area contributed by atoms with E-state index in [4.69, 9.17) is 10.5 Å². The Kier molecular flexibility index (Phi) is 3.63. The Hall–Kier alpha value is -0.700. The zero-order chi connectivity index (χ0) is 13.4. The number of nitrogens with two attached hydrogens (primary N) is 1. The van der Waals surface area contributed by atoms with Gasteiger partial charge in [0.15, 0.2) is 9.34 Å². The molecule has 0 atom stereocenters. The zero-order valence-electron chi connectivity index (χ0n) is 10.4. The first-order valence-corrected chi connectivity index (χ1v) is 7.97. The molecule has 0 aromatic carbocycles. The van der Waals surface area contributed by atoms with Crippen molar-refractivity contribution in [3.8, 4) is 0 Å². The average molecular weight is 291 g/mol. The van der Waals surface area contributed by atoms with Crippen LogP contribution in [0.5, 0.6) is 0 Å². The predicted molar refractivity (Wildman–Crippen MR) is 70.0 cm³/mol. The van der Waals surface area contributed by atoms with Gasteiger partial charge in [-0.1, -0.05) is 11.3 Å². The number of rotatable bonds is 3. The fourth-order valence-corrected chi connectivity index (χ4v) is 4.71. The third kappa shape index (κ3) is 2.82. The van der Waals surface area contributed by atoms with E-state index in [9.17, 15) is 8.42 Å². The van der Waals surface area contributed by atoms with Gasteiger partial charge in [-0.25, -0.2) is 18.1 Å². The molecule has 8 heteroatoms. The van der Waals surface area contributed by atoms with Crippen LogP contribution in [0, 0.1) is 6.92 Å². The molecule has 2 heterocycles. The molecular weight excluding hydrogens is 274 g/mol. The van der Waals surface area contributed by atoms with Crippen molar-refractivity contribution in [3.05, 3.63) is 5.69 Å². The number of aromatic nitrogens is 1. The maximum absolute atomic E-state index is 12.3. The molecule has 0 radical (unpaired) electrons. The van der Waals surface area contributed by atoms with E-state index in [0.717, 1.165) is 11.3 Å². The number of nitrogens with zero attached hydrogens (tertiary/aromatic N) is 1. The molecular formula is C10H17N3O3S2. The Balaban J connectivity index is 2.24. The van der Waals surface area contributed by atoms with Crippen LogP contribution in [0.25, 0.3) is 0 Å². The largest absolute Gasteiger partial charge is 0.381 e. The monoisotopic (exact) mass is 291 g/mol. The van der Waals surface area contributed by atoms with Gasteiger partial charge >= 0.3 is 0 Å². The van der Waals surface area contributed by atoms with Crippen LogP contribution in [0.3, 0.4) is 0 Å². The predicted octanol–water partition coefficient (Wildman–Crippen LogP) is 0.881. The van der Waals surface area contributed by atoms with E-state index in [1.54, 1.807) is 6.92 Å². The Morgan fingerprint density at radius 1 is 1.44 bits per heavy atom. The third-order valence-electron chi connectivity index (χ3n) is 2.99. The molecule has 0 bridgehead atoms. The number of aryl methyl sites for hydroxylation is 1. The molecule has 1 aliphatic heterocycles. The van der Waals surface area contributed by atoms with E-state index in [-0.39, 0.29) is 9.34 Å². The molecule has 0 unspecified atom stereocenters. The van der Waals surface area contributed by atoms with Gasteiger partial charge in [-0.05, 0) is 26.7 Å². The summed E-state index contributed by atoms with van der Waals surface area (Å²) in [5.41, 5.74) is 5.53. The number of nitrogen functional groups attached to an aromatic ring is 1. The van der Waals surface area contributed by atoms with Crippen molar-refractivity contribution in [2.75, 3.05) is 18.9 Å². The summed E-state index contributed by atoms with van der Waals surface area (Å²) in [7, 11) is -3.56. The summed E-state index contributed by atoms with van der Waals surface area (Å²) in [6.45, 7) is 4.69. The summed E-state index contributed by atoms with van der Waals surface area (Å²) in [5, 5.41) is 0.269. The van der Waals surface area contributed by atoms with E-state index in [2.05, 4.69) is 9.71 Å². The van der Waals surface area contributed by atoms with Crippen LogP contribution in [-0.4, -0.2) is 32.2 Å². The number of sulfonamides is 1. The van der Waals surface area contributed by atoms with E-state index in [0.29, 0.717) is 31.7 Å². The number of nitrogens with one attached hydrogen (secondary N) is 1. The molecule has 102 valence electrons. The van der Waals surface area contributed by atoms with Gasteiger partial charge in [0.05, 0.1) is 5.69 Å². The summed E-state index contributed by atoms with van der Waals surface area (Å²) < 4.78 is 32.8. The number of hydrogen-bond donors (Lipinski definition) is 2. The topological polar surface area (TPSA) is 94.3 Å². The first-order valence-electron chi connectivity index (χ1n) is 5.67. The Morgan fingerprint density at radius 2 is 2.06 bits per heavy atom. The Morgan fingerprint density at radius 3 is 2.56 bits per heavy atom. The van der Waals surface area contributed by atoms with Crippen molar-refractivity contribution in [3.63, 3.8) is 0 Å². The van der Waals surface area contributed by atoms with Crippen LogP contribution < -0.4 is 10.5 Å². The molecule has 0 saturated carbocycles. The first-order chi connectivity index (χ1) is 8.32. The quantitative estimate of drug-likeness (QED) is 0.862. The van der Waals surface area contributed by atoms with Crippen molar-refractivity contribution in [1.82, 2.24) is 9.71 Å². The van der Waals surface area contributed by atoms with Gasteiger partial charge < -0.3 is 10.5 Å². The minimum Gasteiger partial charge on any atom is -0.381 e. The van der Waals surface area contributed by atoms with E-state index in [1.807, 2.05) is 6.92 Å². The smallest absolute Gasteiger partial charge is 0.252 e. The summed E-state index contributed by atoms with van der Waals surface area (Å²) in [6.07, 6.45) is 1.33. The fraction of sp³-hybridized carbons (Fsp3) is 0.700. The maximum atomic E-state index is 12.3. The summed E-state index contributed by atoms with van der Waals surface area (Å²) in [5.74, 6) is 0. The minimum atomic E-state index is -3.56. The Labute approximate surface area is 111 Å². The molecule has 1 fully saturated rings. The molecule has 6 nitrogen and oxygen atoms in total. The normalized spacial score (nSPS) is 19.9. The first kappa shape index (κ1) is 13.7. The lowest BCUT2D eigenvalue weighted by Crippen LogP contribution is -2.49. The molecule has 18 heavy (non-hydrogen) atoms. The van der Waals surface area contributed by atoms with Crippen molar-refractivity contribution in [2.24, 2.45) is 0 Å². The van der Waals surface area contributed by atoms with Crippen LogP contribution in [-0.2, 0) is 14.8 Å². The van der Waals surface area contributed by atoms with Gasteiger partial charge in [-0.2, -0.15) is 0 Å². The molecule has 1 aliphatic rings. The van der Waals surface area contributed by atoms with Crippen molar-refractivity contribution in [1.29, 1.82) is 0 Å². The van der Waals surface area contributed by atoms with Crippen molar-refractivity contribution in [2.45, 2.75) is 36.4 Å². The lowest BCUT2D eigenvalue weighted by molar-refractivity contribution is 0.0538. The molecule has 0 spiro atoms. The SMILES string of the molecule is Cc1nc(N)sc1S(=O)(=O)NC1(C)CCOCC1. The van der Waals surface area contributed by atoms with Gasteiger partial charge in [0.2, 0.25) is 0 Å². The van der Waals surface area contributed by atoms with Crippen LogP contribution in [0.4, 0.5) is 5.13 Å². The van der Waals surface area contributed by atoms with Gasteiger partial charge in [0.1, 0.15) is 0 Å². The van der Waals surface area contributed by atoms with E-state index < -0.39 is 15.6 Å². The zero-order valence-corrected chi connectivity index (χ0v) is 12.0. The van der Waals surface area contributed by atoms with E-state index in [1.165, 1.54) is 0 Å². The van der Waals surface area contributed by atoms with Gasteiger partial charge in [0, 0.05) is 18.8 Å². The highest BCUT2D eigenvalue weighted by Crippen LogP contribution is 2.28. The molecule has 1 saturated heterocycles. The van der Waals surface area contributed by atoms with Crippen molar-refractivity contribution < 1.29 is 13.2 Å². The molecule has 1 aromatic rings. The molecule has 1 aromatic heterocycles. The standard InChI is InChI=1S/C10H17N3O3S2/c1-7-8(17-9(11)12-7)18(14,15)13-10(2)3-5-16-6-4-10/h13H,3-6H2,1-2H3,(H2,11,12). The Bertz CT molecular complexity index is 533. The highest BCUT2D eigenvalue weighted by Gasteiger charge is 2.34. The number of hydrogen-bond acceptors (Lipinski definition) is 6. The van der Waals surface area contributed by atoms with Crippen LogP contribution in [0.1, 0.15) is 25.5 Å². The molecule has 0 amide bonds. The maximum Gasteiger partial charge on any atom is 0.252 e. The van der Waals surface area contributed by atoms with Crippen molar-refractivity contribution >= 4 is 26.5 Å². The minimum absolute atomic E-state index is 0.202. The number of thiazole rings is 1. The van der Waals surface area contributed by atoms with Crippen LogP contribution in [0.15, 0.2) is 4.21 Å². The van der Waals surface area contributed by atoms with Gasteiger partial charge in [0.25, 0.3) is 10.0 Å². The molecule has 2 rings (SSSR count). The van der Waals surface area contributed by atoms with E-state index >= 15 is 0 Å². The fourth-order valence-electron chi connectivity index (χ4n) is 1.95. The highest BCUT2D eigenvalue weighted by molar-refractivity contribution is 7.91. The average Bonchev–Trinajstić information content (AvgIpc) is 2.58. The van der Waals surface area contributed by atoms with Crippen LogP contribution in [0.2, 0.25) is 0 Å². The summed E-state index contributed by atoms with van der Waals surface area (Å²) in [4.78, 5) is 3.95. The van der Waals surface area contributed by atoms with Gasteiger partial charge in [-0.3, -0.25) is 0 Å². The second kappa shape index (κ2) is 4.76. The lowest BCUT2D eigenvalue weighted by Gasteiger charge is -2.33. The lowest BCUT2D eigenvalue weighted by atomic mass is 9.94. The second-order valence-electron chi connectivity index (χ2n) is 4.70. The van der Waals surface area contributed by atoms with Gasteiger partial charge in [-0.15, -0.1) is 0 Å². The third-order valence-corrected chi connectivity index (χ3v) is 6.23. The summed E-state index contributed by atoms with van der Waals surface area (Å²) >= 11 is 0.994. The highest BCUT2D eigenvalue weighted by atomic mass is 32.2. The van der Waals surface area contributed by atoms with Crippen LogP contribution >= 0.6 is 11.3 Å².